The van der Waals surface area contributed by atoms with Crippen molar-refractivity contribution in [2.45, 2.75) is 63.1 Å². The number of benzene rings is 2. The fourth-order valence-corrected chi connectivity index (χ4v) is 6.82. The quantitative estimate of drug-likeness (QED) is 0.122. The van der Waals surface area contributed by atoms with E-state index in [0.717, 1.165) is 5.01 Å². The molecule has 3 aromatic rings. The summed E-state index contributed by atoms with van der Waals surface area (Å²) < 4.78 is 10.9. The molecule has 0 saturated carbocycles. The van der Waals surface area contributed by atoms with Gasteiger partial charge in [-0.25, -0.2) is 9.80 Å². The van der Waals surface area contributed by atoms with Crippen molar-refractivity contribution in [2.24, 2.45) is 5.92 Å². The van der Waals surface area contributed by atoms with Gasteiger partial charge in [-0.3, -0.25) is 33.8 Å². The summed E-state index contributed by atoms with van der Waals surface area (Å²) in [5, 5.41) is 23.4. The molecule has 1 aromatic heterocycles. The first-order chi connectivity index (χ1) is 26.0. The number of nitrogens with one attached hydrogen (secondary N) is 3. The van der Waals surface area contributed by atoms with Crippen LogP contribution in [0.3, 0.4) is 0 Å². The predicted molar refractivity (Wildman–Crippen MR) is 196 cm³/mol. The number of fused-ring (bicyclic) bond motifs is 1. The Balaban J connectivity index is 1.26. The van der Waals surface area contributed by atoms with E-state index in [-0.39, 0.29) is 45.1 Å². The number of rotatable bonds is 16. The highest BCUT2D eigenvalue weighted by molar-refractivity contribution is 7.08. The summed E-state index contributed by atoms with van der Waals surface area (Å²) in [6.07, 6.45) is 1.29. The predicted octanol–water partition coefficient (Wildman–Crippen LogP) is 4.07. The van der Waals surface area contributed by atoms with Crippen LogP contribution in [-0.2, 0) is 39.9 Å². The van der Waals surface area contributed by atoms with Crippen molar-refractivity contribution in [1.82, 2.24) is 20.7 Å². The van der Waals surface area contributed by atoms with E-state index in [9.17, 15) is 38.7 Å². The molecule has 54 heavy (non-hydrogen) atoms. The van der Waals surface area contributed by atoms with Crippen molar-refractivity contribution < 1.29 is 48.1 Å². The molecule has 16 heteroatoms. The number of carbonyl (C=O) groups is 7. The molecule has 2 aliphatic heterocycles. The van der Waals surface area contributed by atoms with Gasteiger partial charge in [-0.1, -0.05) is 24.3 Å². The minimum Gasteiger partial charge on any atom is -0.481 e. The first-order valence-electron chi connectivity index (χ1n) is 17.4. The largest absolute Gasteiger partial charge is 0.481 e. The van der Waals surface area contributed by atoms with E-state index in [2.05, 4.69) is 22.5 Å². The number of carboxylic acids is 1. The van der Waals surface area contributed by atoms with E-state index in [1.165, 1.54) is 22.4 Å². The number of hydrogen-bond acceptors (Lipinski definition) is 10. The van der Waals surface area contributed by atoms with Gasteiger partial charge in [0.05, 0.1) is 18.4 Å². The van der Waals surface area contributed by atoms with E-state index in [1.54, 1.807) is 53.2 Å². The molecular weight excluding hydrogens is 719 g/mol. The van der Waals surface area contributed by atoms with Gasteiger partial charge in [0, 0.05) is 18.7 Å². The van der Waals surface area contributed by atoms with Gasteiger partial charge >= 0.3 is 18.0 Å². The first kappa shape index (κ1) is 39.2. The molecule has 3 heterocycles. The number of carbonyl (C=O) groups excluding carboxylic acids is 6. The Morgan fingerprint density at radius 1 is 1.00 bits per heavy atom. The molecule has 2 saturated heterocycles. The molecule has 1 unspecified atom stereocenters. The monoisotopic (exact) mass is 759 g/mol. The first-order valence-corrected chi connectivity index (χ1v) is 18.3. The lowest BCUT2D eigenvalue weighted by atomic mass is 9.94. The second kappa shape index (κ2) is 18.6. The number of aliphatic carboxylic acids is 1. The van der Waals surface area contributed by atoms with Crippen LogP contribution in [-0.4, -0.2) is 87.9 Å². The summed E-state index contributed by atoms with van der Waals surface area (Å²) in [4.78, 5) is 92.0. The van der Waals surface area contributed by atoms with Crippen molar-refractivity contribution in [2.75, 3.05) is 18.5 Å². The van der Waals surface area contributed by atoms with E-state index in [0.29, 0.717) is 29.2 Å². The van der Waals surface area contributed by atoms with Gasteiger partial charge in [0.1, 0.15) is 23.6 Å². The Labute approximate surface area is 315 Å². The zero-order valence-corrected chi connectivity index (χ0v) is 30.1. The number of nitrogens with zero attached hydrogens (tertiary/aromatic N) is 2. The highest BCUT2D eigenvalue weighted by Gasteiger charge is 2.45. The molecular formula is C38H41N5O10S. The summed E-state index contributed by atoms with van der Waals surface area (Å²) >= 11 is 1.39. The summed E-state index contributed by atoms with van der Waals surface area (Å²) in [5.41, 5.74) is 1.11. The number of esters is 1. The SMILES string of the molecule is C=CCC(C[C@H](NC(=O)[C@@H]1CCCN2C(=O)CC[C@H](NC(=O)Nc3ccc(Oc4ccccc4)cc3)C(=O)N12)C(=O)COC(=O)Cc1ccsc1)C(=O)O. The van der Waals surface area contributed by atoms with Crippen LogP contribution in [0.2, 0.25) is 0 Å². The Kier molecular flexibility index (Phi) is 13.5. The van der Waals surface area contributed by atoms with Crippen molar-refractivity contribution >= 4 is 58.5 Å². The van der Waals surface area contributed by atoms with Crippen LogP contribution < -0.4 is 20.7 Å². The Bertz CT molecular complexity index is 1840. The number of hydrazine groups is 1. The van der Waals surface area contributed by atoms with Gasteiger partial charge in [-0.15, -0.1) is 6.58 Å². The highest BCUT2D eigenvalue weighted by Crippen LogP contribution is 2.26. The van der Waals surface area contributed by atoms with Crippen LogP contribution in [0.25, 0.3) is 0 Å². The third kappa shape index (κ3) is 10.5. The summed E-state index contributed by atoms with van der Waals surface area (Å²) in [7, 11) is 0. The number of amides is 5. The third-order valence-corrected chi connectivity index (χ3v) is 9.62. The molecule has 15 nitrogen and oxygen atoms in total. The van der Waals surface area contributed by atoms with Gasteiger partial charge < -0.3 is 30.5 Å². The highest BCUT2D eigenvalue weighted by atomic mass is 32.1. The summed E-state index contributed by atoms with van der Waals surface area (Å²) in [5.74, 6) is -4.53. The van der Waals surface area contributed by atoms with Crippen molar-refractivity contribution in [3.63, 3.8) is 0 Å². The Morgan fingerprint density at radius 3 is 2.43 bits per heavy atom. The summed E-state index contributed by atoms with van der Waals surface area (Å²) in [6, 6.07) is 12.9. The number of allylic oxidation sites excluding steroid dienone is 1. The topological polar surface area (TPSA) is 201 Å². The molecule has 4 N–H and O–H groups in total. The van der Waals surface area contributed by atoms with Crippen LogP contribution in [0.1, 0.15) is 44.1 Å². The van der Waals surface area contributed by atoms with Gasteiger partial charge in [0.2, 0.25) is 11.8 Å². The minimum absolute atomic E-state index is 0.00965. The van der Waals surface area contributed by atoms with Crippen molar-refractivity contribution in [3.05, 3.63) is 89.6 Å². The normalized spacial score (nSPS) is 17.9. The molecule has 5 amide bonds. The van der Waals surface area contributed by atoms with Crippen molar-refractivity contribution in [1.29, 1.82) is 0 Å². The summed E-state index contributed by atoms with van der Waals surface area (Å²) in [6.45, 7) is 3.00. The molecule has 0 aliphatic carbocycles. The smallest absolute Gasteiger partial charge is 0.319 e. The number of para-hydroxylation sites is 1. The second-order valence-corrected chi connectivity index (χ2v) is 13.6. The van der Waals surface area contributed by atoms with Gasteiger partial charge in [0.15, 0.2) is 12.4 Å². The average Bonchev–Trinajstić information content (AvgIpc) is 3.64. The van der Waals surface area contributed by atoms with E-state index in [1.807, 2.05) is 18.2 Å². The molecule has 2 aliphatic rings. The zero-order chi connectivity index (χ0) is 38.6. The lowest BCUT2D eigenvalue weighted by molar-refractivity contribution is -0.176. The zero-order valence-electron chi connectivity index (χ0n) is 29.3. The van der Waals surface area contributed by atoms with E-state index >= 15 is 0 Å². The van der Waals surface area contributed by atoms with Gasteiger partial charge in [0.25, 0.3) is 5.91 Å². The number of Topliss-reactive ketones (excluding diaryl/α,β-unsaturated/α-hetero) is 1. The van der Waals surface area contributed by atoms with Crippen LogP contribution in [0.5, 0.6) is 11.5 Å². The second-order valence-electron chi connectivity index (χ2n) is 12.8. The van der Waals surface area contributed by atoms with Crippen LogP contribution in [0, 0.1) is 5.92 Å². The lowest BCUT2D eigenvalue weighted by Gasteiger charge is -2.43. The molecule has 0 radical (unpaired) electrons. The molecule has 4 atom stereocenters. The van der Waals surface area contributed by atoms with Crippen LogP contribution >= 0.6 is 11.3 Å². The van der Waals surface area contributed by atoms with Gasteiger partial charge in [-0.2, -0.15) is 11.3 Å². The molecule has 0 bridgehead atoms. The number of carboxylic acid groups (broad SMARTS) is 1. The molecule has 5 rings (SSSR count). The van der Waals surface area contributed by atoms with Crippen LogP contribution in [0.4, 0.5) is 10.5 Å². The lowest BCUT2D eigenvalue weighted by Crippen LogP contribution is -2.64. The minimum atomic E-state index is -1.41. The molecule has 284 valence electrons. The number of ether oxygens (including phenoxy) is 2. The third-order valence-electron chi connectivity index (χ3n) is 8.89. The van der Waals surface area contributed by atoms with Crippen molar-refractivity contribution in [3.8, 4) is 11.5 Å². The number of urea groups is 1. The maximum Gasteiger partial charge on any atom is 0.319 e. The fourth-order valence-electron chi connectivity index (χ4n) is 6.15. The Hall–Kier alpha value is -6.03. The Morgan fingerprint density at radius 2 is 1.74 bits per heavy atom. The maximum absolute atomic E-state index is 14.0. The number of hydrogen-bond donors (Lipinski definition) is 4. The number of ketones is 1. The number of thiophene rings is 1. The van der Waals surface area contributed by atoms with Gasteiger partial charge in [-0.05, 0) is 90.9 Å². The molecule has 2 fully saturated rings. The number of anilines is 1. The average molecular weight is 760 g/mol. The van der Waals surface area contributed by atoms with E-state index < -0.39 is 72.1 Å². The maximum atomic E-state index is 14.0. The standard InChI is InChI=1S/C38H41N5O10S/c1-2-7-25(37(49)50)21-30(32(44)22-52-34(46)20-24-17-19-54-23-24)40-35(47)31-10-6-18-42-33(45)16-15-29(36(48)43(31)42)41-38(51)39-26-11-13-28(14-12-26)53-27-8-4-3-5-9-27/h2-5,8-9,11-14,17,19,23,25,29-31H,1,6-7,10,15-16,18,20-22H2,(H,40,47)(H,49,50)(H2,39,41,51)/t25?,29-,30-,31-/m0/s1. The molecule has 0 spiro atoms. The molecule has 2 aromatic carbocycles. The fraction of sp³-hybridized carbons (Fsp3) is 0.342. The van der Waals surface area contributed by atoms with E-state index in [4.69, 9.17) is 9.47 Å². The van der Waals surface area contributed by atoms with Crippen LogP contribution in [0.15, 0.2) is 84.1 Å².